The number of nitrogens with zero attached hydrogens (tertiary/aromatic N) is 1. The molecular formula is C17H16F2N2OS. The molecule has 120 valence electrons. The van der Waals surface area contributed by atoms with E-state index in [2.05, 4.69) is 16.4 Å². The van der Waals surface area contributed by atoms with Gasteiger partial charge in [0.1, 0.15) is 0 Å². The Morgan fingerprint density at radius 2 is 2.04 bits per heavy atom. The SMILES string of the molecule is CC(NCc1cnc2ccsc2c1)C(O)c1ccc(F)c(F)c1. The first kappa shape index (κ1) is 16.0. The summed E-state index contributed by atoms with van der Waals surface area (Å²) < 4.78 is 27.3. The number of aliphatic hydroxyl groups is 1. The number of hydrogen-bond acceptors (Lipinski definition) is 4. The Labute approximate surface area is 136 Å². The number of thiophene rings is 1. The Kier molecular flexibility index (Phi) is 4.66. The van der Waals surface area contributed by atoms with Crippen molar-refractivity contribution in [3.63, 3.8) is 0 Å². The lowest BCUT2D eigenvalue weighted by atomic mass is 10.0. The number of pyridine rings is 1. The van der Waals surface area contributed by atoms with Crippen molar-refractivity contribution in [3.8, 4) is 0 Å². The maximum Gasteiger partial charge on any atom is 0.159 e. The number of fused-ring (bicyclic) bond motifs is 1. The van der Waals surface area contributed by atoms with E-state index in [1.54, 1.807) is 24.5 Å². The van der Waals surface area contributed by atoms with Gasteiger partial charge in [-0.25, -0.2) is 8.78 Å². The highest BCUT2D eigenvalue weighted by Crippen LogP contribution is 2.21. The van der Waals surface area contributed by atoms with E-state index in [1.165, 1.54) is 6.07 Å². The van der Waals surface area contributed by atoms with Gasteiger partial charge in [0.15, 0.2) is 11.6 Å². The zero-order valence-electron chi connectivity index (χ0n) is 12.5. The summed E-state index contributed by atoms with van der Waals surface area (Å²) in [5.74, 6) is -1.88. The number of aromatic nitrogens is 1. The van der Waals surface area contributed by atoms with E-state index < -0.39 is 17.7 Å². The Balaban J connectivity index is 1.65. The van der Waals surface area contributed by atoms with Gasteiger partial charge in [-0.1, -0.05) is 6.07 Å². The normalized spacial score (nSPS) is 14.1. The molecular weight excluding hydrogens is 318 g/mol. The Bertz CT molecular complexity index is 821. The summed E-state index contributed by atoms with van der Waals surface area (Å²) in [5.41, 5.74) is 2.31. The van der Waals surface area contributed by atoms with Crippen molar-refractivity contribution in [2.75, 3.05) is 0 Å². The fourth-order valence-corrected chi connectivity index (χ4v) is 3.16. The Morgan fingerprint density at radius 1 is 1.22 bits per heavy atom. The number of benzene rings is 1. The second-order valence-corrected chi connectivity index (χ2v) is 6.38. The molecule has 3 nitrogen and oxygen atoms in total. The van der Waals surface area contributed by atoms with Crippen LogP contribution in [0.4, 0.5) is 8.78 Å². The smallest absolute Gasteiger partial charge is 0.159 e. The van der Waals surface area contributed by atoms with Gasteiger partial charge in [0.2, 0.25) is 0 Å². The van der Waals surface area contributed by atoms with Crippen LogP contribution >= 0.6 is 11.3 Å². The molecule has 0 spiro atoms. The monoisotopic (exact) mass is 334 g/mol. The molecule has 0 amide bonds. The summed E-state index contributed by atoms with van der Waals surface area (Å²) >= 11 is 1.63. The highest BCUT2D eigenvalue weighted by Gasteiger charge is 2.17. The Hall–Kier alpha value is -1.89. The van der Waals surface area contributed by atoms with Gasteiger partial charge < -0.3 is 10.4 Å². The van der Waals surface area contributed by atoms with Crippen LogP contribution in [-0.2, 0) is 6.54 Å². The van der Waals surface area contributed by atoms with E-state index in [-0.39, 0.29) is 6.04 Å². The molecule has 2 heterocycles. The second-order valence-electron chi connectivity index (χ2n) is 5.44. The van der Waals surface area contributed by atoms with E-state index in [4.69, 9.17) is 0 Å². The van der Waals surface area contributed by atoms with Crippen LogP contribution in [0, 0.1) is 11.6 Å². The molecule has 0 bridgehead atoms. The van der Waals surface area contributed by atoms with Crippen molar-refractivity contribution in [1.29, 1.82) is 0 Å². The van der Waals surface area contributed by atoms with Crippen molar-refractivity contribution in [2.45, 2.75) is 25.6 Å². The predicted octanol–water partition coefficient (Wildman–Crippen LogP) is 3.79. The molecule has 2 aromatic heterocycles. The molecule has 0 saturated carbocycles. The standard InChI is InChI=1S/C17H16F2N2OS/c1-10(17(22)12-2-3-13(18)14(19)7-12)20-8-11-6-16-15(21-9-11)4-5-23-16/h2-7,9-10,17,20,22H,8H2,1H3. The minimum atomic E-state index is -0.957. The number of aliphatic hydroxyl groups excluding tert-OH is 1. The van der Waals surface area contributed by atoms with E-state index in [1.807, 2.05) is 11.4 Å². The van der Waals surface area contributed by atoms with Crippen molar-refractivity contribution in [3.05, 3.63) is 64.7 Å². The molecule has 3 rings (SSSR count). The van der Waals surface area contributed by atoms with Crippen LogP contribution in [0.15, 0.2) is 41.9 Å². The molecule has 6 heteroatoms. The molecule has 0 aliphatic carbocycles. The lowest BCUT2D eigenvalue weighted by molar-refractivity contribution is 0.135. The molecule has 0 fully saturated rings. The number of nitrogens with one attached hydrogen (secondary N) is 1. The zero-order chi connectivity index (χ0) is 16.4. The highest BCUT2D eigenvalue weighted by molar-refractivity contribution is 7.17. The van der Waals surface area contributed by atoms with Crippen molar-refractivity contribution >= 4 is 21.6 Å². The number of halogens is 2. The van der Waals surface area contributed by atoms with E-state index in [9.17, 15) is 13.9 Å². The predicted molar refractivity (Wildman–Crippen MR) is 87.2 cm³/mol. The largest absolute Gasteiger partial charge is 0.387 e. The van der Waals surface area contributed by atoms with Crippen molar-refractivity contribution in [1.82, 2.24) is 10.3 Å². The van der Waals surface area contributed by atoms with Crippen LogP contribution in [0.3, 0.4) is 0 Å². The fraction of sp³-hybridized carbons (Fsp3) is 0.235. The third kappa shape index (κ3) is 3.55. The van der Waals surface area contributed by atoms with Crippen LogP contribution in [0.5, 0.6) is 0 Å². The molecule has 3 aromatic rings. The highest BCUT2D eigenvalue weighted by atomic mass is 32.1. The lowest BCUT2D eigenvalue weighted by Gasteiger charge is -2.21. The van der Waals surface area contributed by atoms with Gasteiger partial charge in [0.05, 0.1) is 16.3 Å². The number of hydrogen-bond donors (Lipinski definition) is 2. The summed E-state index contributed by atoms with van der Waals surface area (Å²) in [6.45, 7) is 2.33. The third-order valence-corrected chi connectivity index (χ3v) is 4.60. The minimum Gasteiger partial charge on any atom is -0.387 e. The average molecular weight is 334 g/mol. The molecule has 0 aliphatic heterocycles. The van der Waals surface area contributed by atoms with Gasteiger partial charge in [-0.3, -0.25) is 4.98 Å². The molecule has 0 radical (unpaired) electrons. The molecule has 2 atom stereocenters. The van der Waals surface area contributed by atoms with E-state index in [0.717, 1.165) is 27.9 Å². The summed E-state index contributed by atoms with van der Waals surface area (Å²) in [7, 11) is 0. The van der Waals surface area contributed by atoms with Gasteiger partial charge in [0, 0.05) is 18.8 Å². The molecule has 0 saturated heterocycles. The molecule has 1 aromatic carbocycles. The van der Waals surface area contributed by atoms with Gasteiger partial charge in [-0.2, -0.15) is 0 Å². The lowest BCUT2D eigenvalue weighted by Crippen LogP contribution is -2.31. The summed E-state index contributed by atoms with van der Waals surface area (Å²) in [4.78, 5) is 4.36. The maximum absolute atomic E-state index is 13.3. The quantitative estimate of drug-likeness (QED) is 0.746. The molecule has 0 aliphatic rings. The first-order chi connectivity index (χ1) is 11.0. The topological polar surface area (TPSA) is 45.2 Å². The second kappa shape index (κ2) is 6.70. The summed E-state index contributed by atoms with van der Waals surface area (Å²) in [6, 6.07) is 7.13. The van der Waals surface area contributed by atoms with E-state index >= 15 is 0 Å². The average Bonchev–Trinajstić information content (AvgIpc) is 3.02. The minimum absolute atomic E-state index is 0.320. The molecule has 2 N–H and O–H groups in total. The summed E-state index contributed by atoms with van der Waals surface area (Å²) in [5, 5.41) is 15.4. The van der Waals surface area contributed by atoms with Gasteiger partial charge in [-0.15, -0.1) is 11.3 Å². The van der Waals surface area contributed by atoms with Gasteiger partial charge in [0.25, 0.3) is 0 Å². The number of rotatable bonds is 5. The van der Waals surface area contributed by atoms with Crippen LogP contribution in [0.25, 0.3) is 10.2 Å². The molecule has 23 heavy (non-hydrogen) atoms. The van der Waals surface area contributed by atoms with Crippen molar-refractivity contribution in [2.24, 2.45) is 0 Å². The first-order valence-corrected chi connectivity index (χ1v) is 8.11. The maximum atomic E-state index is 13.3. The first-order valence-electron chi connectivity index (χ1n) is 7.23. The summed E-state index contributed by atoms with van der Waals surface area (Å²) in [6.07, 6.45) is 0.863. The Morgan fingerprint density at radius 3 is 2.83 bits per heavy atom. The molecule has 2 unspecified atom stereocenters. The van der Waals surface area contributed by atoms with Gasteiger partial charge in [-0.05, 0) is 47.7 Å². The van der Waals surface area contributed by atoms with Crippen LogP contribution in [0.2, 0.25) is 0 Å². The van der Waals surface area contributed by atoms with Crippen molar-refractivity contribution < 1.29 is 13.9 Å². The third-order valence-electron chi connectivity index (χ3n) is 3.75. The van der Waals surface area contributed by atoms with Gasteiger partial charge >= 0.3 is 0 Å². The zero-order valence-corrected chi connectivity index (χ0v) is 13.3. The fourth-order valence-electron chi connectivity index (χ4n) is 2.36. The van der Waals surface area contributed by atoms with E-state index in [0.29, 0.717) is 12.1 Å². The van der Waals surface area contributed by atoms with Crippen LogP contribution in [0.1, 0.15) is 24.2 Å². The van der Waals surface area contributed by atoms with Crippen LogP contribution in [-0.4, -0.2) is 16.1 Å². The van der Waals surface area contributed by atoms with Crippen LogP contribution < -0.4 is 5.32 Å².